The van der Waals surface area contributed by atoms with Gasteiger partial charge < -0.3 is 9.84 Å². The maximum absolute atomic E-state index is 14.8. The van der Waals surface area contributed by atoms with E-state index in [1.165, 1.54) is 4.90 Å². The average molecular weight is 411 g/mol. The minimum absolute atomic E-state index is 0.0779. The lowest BCUT2D eigenvalue weighted by atomic mass is 10.0. The Morgan fingerprint density at radius 3 is 2.81 bits per heavy atom. The number of ether oxygens (including phenoxy) is 1. The van der Waals surface area contributed by atoms with Crippen LogP contribution in [-0.2, 0) is 6.42 Å². The molecule has 5 nitrogen and oxygen atoms in total. The predicted octanol–water partition coefficient (Wildman–Crippen LogP) is 3.82. The number of aliphatic hydroxyl groups excluding tert-OH is 1. The summed E-state index contributed by atoms with van der Waals surface area (Å²) in [5, 5.41) is 10.4. The largest absolute Gasteiger partial charge is 0.469 e. The number of rotatable bonds is 3. The highest BCUT2D eigenvalue weighted by atomic mass is 35.5. The van der Waals surface area contributed by atoms with Gasteiger partial charge in [-0.05, 0) is 42.5 Å². The van der Waals surface area contributed by atoms with E-state index in [-0.39, 0.29) is 35.0 Å². The molecule has 142 valence electrons. The van der Waals surface area contributed by atoms with Crippen molar-refractivity contribution in [3.05, 3.63) is 57.1 Å². The maximum atomic E-state index is 14.8. The summed E-state index contributed by atoms with van der Waals surface area (Å²) in [6.07, 6.45) is 3.47. The Morgan fingerprint density at radius 1 is 1.33 bits per heavy atom. The second-order valence-electron chi connectivity index (χ2n) is 6.82. The lowest BCUT2D eigenvalue weighted by Crippen LogP contribution is -2.48. The number of amides is 1. The van der Waals surface area contributed by atoms with Crippen molar-refractivity contribution in [1.29, 1.82) is 0 Å². The molecule has 8 heteroatoms. The lowest BCUT2D eigenvalue weighted by molar-refractivity contribution is 0.0116. The molecule has 1 aliphatic heterocycles. The van der Waals surface area contributed by atoms with E-state index in [9.17, 15) is 14.3 Å². The second kappa shape index (κ2) is 7.26. The first-order valence-electron chi connectivity index (χ1n) is 8.69. The summed E-state index contributed by atoms with van der Waals surface area (Å²) in [6, 6.07) is 4.65. The Bertz CT molecular complexity index is 892. The van der Waals surface area contributed by atoms with Crippen molar-refractivity contribution >= 4 is 29.1 Å². The summed E-state index contributed by atoms with van der Waals surface area (Å²) in [6.45, 7) is -0.0960. The summed E-state index contributed by atoms with van der Waals surface area (Å²) < 4.78 is 20.3. The van der Waals surface area contributed by atoms with Crippen LogP contribution >= 0.6 is 23.2 Å². The summed E-state index contributed by atoms with van der Waals surface area (Å²) in [5.74, 6) is -1.23. The number of hydrogen-bond acceptors (Lipinski definition) is 4. The van der Waals surface area contributed by atoms with Gasteiger partial charge in [-0.1, -0.05) is 29.3 Å². The Kier molecular flexibility index (Phi) is 4.97. The first-order chi connectivity index (χ1) is 13.0. The van der Waals surface area contributed by atoms with Crippen LogP contribution in [0.25, 0.3) is 0 Å². The van der Waals surface area contributed by atoms with Gasteiger partial charge in [0.2, 0.25) is 0 Å². The third-order valence-corrected chi connectivity index (χ3v) is 5.74. The Hall–Kier alpha value is -1.89. The molecule has 1 saturated carbocycles. The quantitative estimate of drug-likeness (QED) is 0.781. The molecule has 2 atom stereocenters. The minimum Gasteiger partial charge on any atom is -0.469 e. The number of aromatic nitrogens is 1. The number of aliphatic hydroxyl groups is 1. The zero-order valence-corrected chi connectivity index (χ0v) is 15.8. The first kappa shape index (κ1) is 18.5. The van der Waals surface area contributed by atoms with Gasteiger partial charge in [-0.2, -0.15) is 0 Å². The molecule has 1 amide bonds. The third-order valence-electron chi connectivity index (χ3n) is 5.10. The fourth-order valence-corrected chi connectivity index (χ4v) is 4.02. The molecule has 1 aromatic carbocycles. The van der Waals surface area contributed by atoms with E-state index in [1.807, 2.05) is 0 Å². The molecule has 0 spiro atoms. The molecule has 2 heterocycles. The lowest BCUT2D eigenvalue weighted by Gasteiger charge is -2.35. The molecule has 0 unspecified atom stereocenters. The van der Waals surface area contributed by atoms with Crippen LogP contribution in [0.3, 0.4) is 0 Å². The highest BCUT2D eigenvalue weighted by Crippen LogP contribution is 2.38. The Labute approximate surface area is 165 Å². The summed E-state index contributed by atoms with van der Waals surface area (Å²) >= 11 is 12.0. The van der Waals surface area contributed by atoms with E-state index in [0.29, 0.717) is 30.0 Å². The number of nitrogens with zero attached hydrogens (tertiary/aromatic N) is 2. The van der Waals surface area contributed by atoms with Crippen LogP contribution < -0.4 is 4.74 Å². The average Bonchev–Trinajstić information content (AvgIpc) is 3.08. The van der Waals surface area contributed by atoms with Gasteiger partial charge >= 0.3 is 0 Å². The molecule has 4 rings (SSSR count). The Morgan fingerprint density at radius 2 is 2.15 bits per heavy atom. The number of hydrogen-bond donors (Lipinski definition) is 1. The molecule has 0 bridgehead atoms. The van der Waals surface area contributed by atoms with Crippen molar-refractivity contribution in [2.75, 3.05) is 6.73 Å². The molecular formula is C19H17Cl2FN2O3. The smallest absolute Gasteiger partial charge is 0.260 e. The van der Waals surface area contributed by atoms with Crippen LogP contribution in [0.2, 0.25) is 10.2 Å². The zero-order valence-electron chi connectivity index (χ0n) is 14.3. The van der Waals surface area contributed by atoms with Crippen molar-refractivity contribution < 1.29 is 19.0 Å². The standard InChI is InChI=1S/C19H17Cl2FN2O3/c20-15-5-4-10(8-23-15)6-11-7-12-18(17(22)16(11)21)27-9-24(19(12)26)13-2-1-3-14(13)25/h4-5,7-8,13-14,25H,1-3,6,9H2/t13-,14-/m0/s1. The molecule has 1 fully saturated rings. The topological polar surface area (TPSA) is 62.7 Å². The van der Waals surface area contributed by atoms with Crippen molar-refractivity contribution in [3.63, 3.8) is 0 Å². The molecular weight excluding hydrogens is 394 g/mol. The van der Waals surface area contributed by atoms with E-state index >= 15 is 0 Å². The van der Waals surface area contributed by atoms with Gasteiger partial charge in [0.1, 0.15) is 5.15 Å². The van der Waals surface area contributed by atoms with Gasteiger partial charge in [-0.3, -0.25) is 9.69 Å². The molecule has 2 aromatic rings. The molecule has 1 aromatic heterocycles. The molecule has 1 N–H and O–H groups in total. The van der Waals surface area contributed by atoms with E-state index < -0.39 is 11.9 Å². The molecule has 0 radical (unpaired) electrons. The van der Waals surface area contributed by atoms with Crippen LogP contribution in [0.1, 0.15) is 40.7 Å². The fourth-order valence-electron chi connectivity index (χ4n) is 3.70. The minimum atomic E-state index is -0.744. The highest BCUT2D eigenvalue weighted by Gasteiger charge is 2.39. The number of pyridine rings is 1. The SMILES string of the molecule is O=C1c2cc(Cc3ccc(Cl)nc3)c(Cl)c(F)c2OCN1[C@H]1CCC[C@@H]1O. The predicted molar refractivity (Wildman–Crippen MR) is 98.8 cm³/mol. The summed E-state index contributed by atoms with van der Waals surface area (Å²) in [7, 11) is 0. The normalized spacial score (nSPS) is 21.9. The van der Waals surface area contributed by atoms with Gasteiger partial charge in [0, 0.05) is 12.6 Å². The first-order valence-corrected chi connectivity index (χ1v) is 9.44. The molecule has 1 aliphatic carbocycles. The van der Waals surface area contributed by atoms with Crippen LogP contribution in [0, 0.1) is 5.82 Å². The summed E-state index contributed by atoms with van der Waals surface area (Å²) in [5.41, 5.74) is 1.37. The van der Waals surface area contributed by atoms with Crippen LogP contribution in [0.15, 0.2) is 24.4 Å². The third kappa shape index (κ3) is 3.37. The van der Waals surface area contributed by atoms with E-state index in [1.54, 1.807) is 24.4 Å². The van der Waals surface area contributed by atoms with Gasteiger partial charge in [0.25, 0.3) is 5.91 Å². The molecule has 2 aliphatic rings. The Balaban J connectivity index is 1.68. The van der Waals surface area contributed by atoms with Crippen molar-refractivity contribution in [2.45, 2.75) is 37.8 Å². The van der Waals surface area contributed by atoms with Gasteiger partial charge in [-0.25, -0.2) is 9.37 Å². The monoisotopic (exact) mass is 410 g/mol. The number of halogens is 3. The van der Waals surface area contributed by atoms with Crippen LogP contribution in [-0.4, -0.2) is 39.8 Å². The zero-order chi connectivity index (χ0) is 19.1. The maximum Gasteiger partial charge on any atom is 0.260 e. The fraction of sp³-hybridized carbons (Fsp3) is 0.368. The second-order valence-corrected chi connectivity index (χ2v) is 7.59. The van der Waals surface area contributed by atoms with E-state index in [2.05, 4.69) is 4.98 Å². The van der Waals surface area contributed by atoms with Crippen molar-refractivity contribution in [2.24, 2.45) is 0 Å². The van der Waals surface area contributed by atoms with E-state index in [0.717, 1.165) is 12.0 Å². The number of fused-ring (bicyclic) bond motifs is 1. The van der Waals surface area contributed by atoms with Gasteiger partial charge in [0.15, 0.2) is 18.3 Å². The molecule has 27 heavy (non-hydrogen) atoms. The van der Waals surface area contributed by atoms with Crippen molar-refractivity contribution in [1.82, 2.24) is 9.88 Å². The molecule has 0 saturated heterocycles. The van der Waals surface area contributed by atoms with Crippen LogP contribution in [0.5, 0.6) is 5.75 Å². The number of benzene rings is 1. The van der Waals surface area contributed by atoms with Crippen molar-refractivity contribution in [3.8, 4) is 5.75 Å². The number of carbonyl (C=O) groups excluding carboxylic acids is 1. The van der Waals surface area contributed by atoms with Gasteiger partial charge in [-0.15, -0.1) is 0 Å². The van der Waals surface area contributed by atoms with Crippen LogP contribution in [0.4, 0.5) is 4.39 Å². The number of carbonyl (C=O) groups is 1. The highest BCUT2D eigenvalue weighted by molar-refractivity contribution is 6.32. The summed E-state index contributed by atoms with van der Waals surface area (Å²) in [4.78, 5) is 18.4. The van der Waals surface area contributed by atoms with Gasteiger partial charge in [0.05, 0.1) is 22.7 Å². The van der Waals surface area contributed by atoms with E-state index in [4.69, 9.17) is 27.9 Å².